The normalized spacial score (nSPS) is 24.7. The van der Waals surface area contributed by atoms with Crippen molar-refractivity contribution in [1.29, 1.82) is 0 Å². The van der Waals surface area contributed by atoms with Gasteiger partial charge in [-0.25, -0.2) is 0 Å². The van der Waals surface area contributed by atoms with Crippen molar-refractivity contribution in [3.05, 3.63) is 41.5 Å². The summed E-state index contributed by atoms with van der Waals surface area (Å²) in [4.78, 5) is 0. The van der Waals surface area contributed by atoms with E-state index in [4.69, 9.17) is 18.6 Å². The minimum absolute atomic E-state index is 0.0808. The Labute approximate surface area is 201 Å². The zero-order valence-electron chi connectivity index (χ0n) is 19.4. The predicted octanol–water partition coefficient (Wildman–Crippen LogP) is 1.79. The van der Waals surface area contributed by atoms with E-state index < -0.39 is 30.7 Å². The van der Waals surface area contributed by atoms with E-state index in [2.05, 4.69) is 0 Å². The number of hydrogen-bond donors (Lipinski definition) is 6. The van der Waals surface area contributed by atoms with Crippen molar-refractivity contribution in [3.8, 4) is 28.6 Å². The third kappa shape index (κ3) is 4.94. The SMILES string of the molecule is COc1ccc(-c2oc3c(O)cc(CCCO[C@@H]4O[C@@H](C)[C@H](O)[C@@H](O)[C@H]4O)cc3c2CO)cc1O. The molecule has 10 heteroatoms. The highest BCUT2D eigenvalue weighted by atomic mass is 16.7. The van der Waals surface area contributed by atoms with Gasteiger partial charge in [0.2, 0.25) is 0 Å². The van der Waals surface area contributed by atoms with Crippen LogP contribution < -0.4 is 4.74 Å². The molecule has 0 bridgehead atoms. The number of phenols is 2. The summed E-state index contributed by atoms with van der Waals surface area (Å²) in [5, 5.41) is 61.0. The Morgan fingerprint density at radius 2 is 1.74 bits per heavy atom. The van der Waals surface area contributed by atoms with Gasteiger partial charge in [0, 0.05) is 16.5 Å². The molecule has 1 aliphatic heterocycles. The number of ether oxygens (including phenoxy) is 3. The van der Waals surface area contributed by atoms with E-state index in [1.54, 1.807) is 25.1 Å². The van der Waals surface area contributed by atoms with Gasteiger partial charge in [-0.2, -0.15) is 0 Å². The molecular weight excluding hydrogens is 460 g/mol. The van der Waals surface area contributed by atoms with Crippen LogP contribution in [0.1, 0.15) is 24.5 Å². The fraction of sp³-hybridized carbons (Fsp3) is 0.440. The van der Waals surface area contributed by atoms with Gasteiger partial charge in [0.05, 0.1) is 26.4 Å². The molecule has 1 aromatic heterocycles. The number of aromatic hydroxyl groups is 2. The molecule has 0 amide bonds. The van der Waals surface area contributed by atoms with Gasteiger partial charge < -0.3 is 49.3 Å². The van der Waals surface area contributed by atoms with E-state index in [9.17, 15) is 30.6 Å². The Balaban J connectivity index is 1.49. The minimum atomic E-state index is -1.37. The average molecular weight is 491 g/mol. The van der Waals surface area contributed by atoms with Crippen LogP contribution in [0.5, 0.6) is 17.2 Å². The first-order valence-electron chi connectivity index (χ1n) is 11.3. The van der Waals surface area contributed by atoms with Crippen LogP contribution in [0.15, 0.2) is 34.7 Å². The summed E-state index contributed by atoms with van der Waals surface area (Å²) in [5.41, 5.74) is 1.98. The lowest BCUT2D eigenvalue weighted by molar-refractivity contribution is -0.293. The van der Waals surface area contributed by atoms with Crippen molar-refractivity contribution >= 4 is 11.0 Å². The number of aliphatic hydroxyl groups is 4. The molecule has 2 heterocycles. The Kier molecular flexibility index (Phi) is 7.50. The first-order chi connectivity index (χ1) is 16.7. The summed E-state index contributed by atoms with van der Waals surface area (Å²) in [5.74, 6) is 0.459. The minimum Gasteiger partial charge on any atom is -0.504 e. The molecule has 190 valence electrons. The molecule has 5 atom stereocenters. The highest BCUT2D eigenvalue weighted by molar-refractivity contribution is 5.92. The second-order valence-corrected chi connectivity index (χ2v) is 8.60. The van der Waals surface area contributed by atoms with Crippen molar-refractivity contribution in [1.82, 2.24) is 0 Å². The van der Waals surface area contributed by atoms with Gasteiger partial charge in [-0.3, -0.25) is 0 Å². The van der Waals surface area contributed by atoms with Crippen LogP contribution in [0.25, 0.3) is 22.3 Å². The number of fused-ring (bicyclic) bond motifs is 1. The maximum Gasteiger partial charge on any atom is 0.186 e. The highest BCUT2D eigenvalue weighted by Gasteiger charge is 2.42. The third-order valence-corrected chi connectivity index (χ3v) is 6.23. The molecule has 6 N–H and O–H groups in total. The number of phenolic OH excluding ortho intramolecular Hbond substituents is 2. The summed E-state index contributed by atoms with van der Waals surface area (Å²) in [7, 11) is 1.44. The van der Waals surface area contributed by atoms with Gasteiger partial charge in [-0.15, -0.1) is 0 Å². The fourth-order valence-corrected chi connectivity index (χ4v) is 4.28. The number of rotatable bonds is 8. The maximum absolute atomic E-state index is 10.6. The number of methoxy groups -OCH3 is 1. The number of hydrogen-bond acceptors (Lipinski definition) is 10. The quantitative estimate of drug-likeness (QED) is 0.257. The molecule has 3 aromatic rings. The molecule has 1 aliphatic rings. The molecule has 1 fully saturated rings. The first-order valence-corrected chi connectivity index (χ1v) is 11.3. The van der Waals surface area contributed by atoms with E-state index in [0.29, 0.717) is 40.9 Å². The molecule has 35 heavy (non-hydrogen) atoms. The van der Waals surface area contributed by atoms with Crippen molar-refractivity contribution < 1.29 is 49.3 Å². The first kappa shape index (κ1) is 25.2. The number of aliphatic hydroxyl groups excluding tert-OH is 4. The van der Waals surface area contributed by atoms with Crippen LogP contribution >= 0.6 is 0 Å². The molecule has 10 nitrogen and oxygen atoms in total. The molecule has 0 saturated carbocycles. The number of furan rings is 1. The lowest BCUT2D eigenvalue weighted by atomic mass is 10.00. The molecule has 0 unspecified atom stereocenters. The van der Waals surface area contributed by atoms with Crippen molar-refractivity contribution in [2.45, 2.75) is 57.1 Å². The zero-order chi connectivity index (χ0) is 25.3. The van der Waals surface area contributed by atoms with Gasteiger partial charge in [-0.1, -0.05) is 0 Å². The molecule has 4 rings (SSSR count). The van der Waals surface area contributed by atoms with Gasteiger partial charge >= 0.3 is 0 Å². The molecule has 0 aliphatic carbocycles. The summed E-state index contributed by atoms with van der Waals surface area (Å²) < 4.78 is 21.9. The van der Waals surface area contributed by atoms with Gasteiger partial charge in [0.15, 0.2) is 29.1 Å². The predicted molar refractivity (Wildman–Crippen MR) is 124 cm³/mol. The molecule has 0 radical (unpaired) electrons. The molecular formula is C25H30O10. The van der Waals surface area contributed by atoms with Gasteiger partial charge in [0.25, 0.3) is 0 Å². The Morgan fingerprint density at radius 3 is 2.43 bits per heavy atom. The van der Waals surface area contributed by atoms with Crippen LogP contribution in [0.2, 0.25) is 0 Å². The molecule has 0 spiro atoms. The lowest BCUT2D eigenvalue weighted by Crippen LogP contribution is -2.57. The lowest BCUT2D eigenvalue weighted by Gasteiger charge is -2.38. The van der Waals surface area contributed by atoms with Crippen LogP contribution in [-0.2, 0) is 22.5 Å². The summed E-state index contributed by atoms with van der Waals surface area (Å²) >= 11 is 0. The van der Waals surface area contributed by atoms with Crippen LogP contribution in [0, 0.1) is 0 Å². The summed E-state index contributed by atoms with van der Waals surface area (Å²) in [6, 6.07) is 8.10. The van der Waals surface area contributed by atoms with E-state index in [-0.39, 0.29) is 30.3 Å². The van der Waals surface area contributed by atoms with Crippen molar-refractivity contribution in [3.63, 3.8) is 0 Å². The second-order valence-electron chi connectivity index (χ2n) is 8.60. The topological polar surface area (TPSA) is 162 Å². The van der Waals surface area contributed by atoms with E-state index >= 15 is 0 Å². The number of benzene rings is 2. The number of aryl methyl sites for hydroxylation is 1. The summed E-state index contributed by atoms with van der Waals surface area (Å²) in [6.45, 7) is 1.44. The largest absolute Gasteiger partial charge is 0.504 e. The van der Waals surface area contributed by atoms with E-state index in [1.165, 1.54) is 13.2 Å². The highest BCUT2D eigenvalue weighted by Crippen LogP contribution is 2.41. The van der Waals surface area contributed by atoms with Crippen molar-refractivity contribution in [2.24, 2.45) is 0 Å². The second kappa shape index (κ2) is 10.4. The smallest absolute Gasteiger partial charge is 0.186 e. The van der Waals surface area contributed by atoms with Crippen LogP contribution in [0.4, 0.5) is 0 Å². The maximum atomic E-state index is 10.6. The summed E-state index contributed by atoms with van der Waals surface area (Å²) in [6.07, 6.45) is -4.65. The zero-order valence-corrected chi connectivity index (χ0v) is 19.4. The monoisotopic (exact) mass is 490 g/mol. The molecule has 1 saturated heterocycles. The van der Waals surface area contributed by atoms with E-state index in [0.717, 1.165) is 5.56 Å². The van der Waals surface area contributed by atoms with Gasteiger partial charge in [-0.05, 0) is 55.7 Å². The third-order valence-electron chi connectivity index (χ3n) is 6.23. The van der Waals surface area contributed by atoms with Crippen LogP contribution in [-0.4, -0.2) is 75.1 Å². The Bertz CT molecular complexity index is 1170. The molecule has 2 aromatic carbocycles. The average Bonchev–Trinajstić information content (AvgIpc) is 3.22. The van der Waals surface area contributed by atoms with E-state index in [1.807, 2.05) is 6.07 Å². The van der Waals surface area contributed by atoms with Gasteiger partial charge in [0.1, 0.15) is 24.1 Å². The standard InChI is InChI=1S/C25H30O10/c1-12-20(29)21(30)22(31)25(34-12)33-7-3-4-13-8-15-16(11-26)23(35-24(15)18(28)9-13)14-5-6-19(32-2)17(27)10-14/h5-6,8-10,12,20-22,25-31H,3-4,7,11H2,1-2H3/t12-,20-,21+,22+,25+/m0/s1. The Hall–Kier alpha value is -2.86. The van der Waals surface area contributed by atoms with Crippen molar-refractivity contribution in [2.75, 3.05) is 13.7 Å². The Morgan fingerprint density at radius 1 is 0.971 bits per heavy atom. The fourth-order valence-electron chi connectivity index (χ4n) is 4.28. The van der Waals surface area contributed by atoms with Crippen LogP contribution in [0.3, 0.4) is 0 Å².